The van der Waals surface area contributed by atoms with Crippen molar-refractivity contribution in [3.8, 4) is 0 Å². The number of anilines is 1. The number of nitrogens with zero attached hydrogens (tertiary/aromatic N) is 6. The third kappa shape index (κ3) is 2.89. The molecule has 0 aliphatic carbocycles. The number of hydrazone groups is 1. The van der Waals surface area contributed by atoms with Crippen LogP contribution in [0.2, 0.25) is 0 Å². The lowest BCUT2D eigenvalue weighted by Gasteiger charge is -2.28. The van der Waals surface area contributed by atoms with Gasteiger partial charge in [0.15, 0.2) is 11.2 Å². The van der Waals surface area contributed by atoms with Gasteiger partial charge in [-0.1, -0.05) is 18.2 Å². The maximum atomic E-state index is 13.4. The van der Waals surface area contributed by atoms with Crippen LogP contribution in [-0.2, 0) is 13.6 Å². The minimum Gasteiger partial charge on any atom is -0.294 e. The highest BCUT2D eigenvalue weighted by Gasteiger charge is 2.30. The Balaban J connectivity index is 1.98. The molecule has 1 aromatic carbocycles. The maximum absolute atomic E-state index is 13.4. The molecule has 0 bridgehead atoms. The number of rotatable bonds is 4. The first kappa shape index (κ1) is 18.9. The zero-order chi connectivity index (χ0) is 20.9. The van der Waals surface area contributed by atoms with Gasteiger partial charge in [0.1, 0.15) is 5.82 Å². The molecule has 0 saturated carbocycles. The van der Waals surface area contributed by atoms with Crippen LogP contribution >= 0.6 is 0 Å². The molecule has 0 amide bonds. The summed E-state index contributed by atoms with van der Waals surface area (Å²) >= 11 is 0. The van der Waals surface area contributed by atoms with Gasteiger partial charge in [0.05, 0.1) is 24.8 Å². The normalized spacial score (nSPS) is 16.1. The van der Waals surface area contributed by atoms with Crippen LogP contribution in [0.15, 0.2) is 51.6 Å². The Morgan fingerprint density at radius 2 is 1.93 bits per heavy atom. The van der Waals surface area contributed by atoms with Crippen LogP contribution in [0.4, 0.5) is 10.3 Å². The van der Waals surface area contributed by atoms with Crippen LogP contribution in [0, 0.1) is 5.82 Å². The summed E-state index contributed by atoms with van der Waals surface area (Å²) in [6.45, 7) is 8.03. The van der Waals surface area contributed by atoms with E-state index in [-0.39, 0.29) is 18.4 Å². The number of aromatic nitrogens is 4. The molecule has 0 fully saturated rings. The molecule has 0 N–H and O–H groups in total. The SMILES string of the molecule is C=CCN1N=C(C)[C@H](C)n2c1nc1c2c(=O)n(Cc2ccc(F)cc2)c(=O)n1C. The van der Waals surface area contributed by atoms with E-state index in [1.165, 1.54) is 16.7 Å². The lowest BCUT2D eigenvalue weighted by molar-refractivity contribution is 0.621. The van der Waals surface area contributed by atoms with Crippen molar-refractivity contribution in [2.24, 2.45) is 12.1 Å². The standard InChI is InChI=1S/C20H21FN6O2/c1-5-10-26-19-22-17-16(27(19)13(3)12(2)23-26)18(28)25(20(29)24(17)4)11-14-6-8-15(21)9-7-14/h5-9,13H,1,10-11H2,2-4H3/t13-/m0/s1. The lowest BCUT2D eigenvalue weighted by Crippen LogP contribution is -2.40. The van der Waals surface area contributed by atoms with E-state index < -0.39 is 11.2 Å². The van der Waals surface area contributed by atoms with Crippen molar-refractivity contribution in [1.82, 2.24) is 18.7 Å². The molecular formula is C20H21FN6O2. The molecule has 1 aliphatic heterocycles. The summed E-state index contributed by atoms with van der Waals surface area (Å²) in [6, 6.07) is 5.53. The molecule has 2 aromatic heterocycles. The van der Waals surface area contributed by atoms with Crippen molar-refractivity contribution in [2.45, 2.75) is 26.4 Å². The number of hydrogen-bond donors (Lipinski definition) is 0. The summed E-state index contributed by atoms with van der Waals surface area (Å²) in [6.07, 6.45) is 1.70. The summed E-state index contributed by atoms with van der Waals surface area (Å²) in [4.78, 5) is 30.8. The van der Waals surface area contributed by atoms with E-state index in [1.807, 2.05) is 18.4 Å². The first-order valence-electron chi connectivity index (χ1n) is 9.23. The van der Waals surface area contributed by atoms with Crippen LogP contribution in [0.25, 0.3) is 11.2 Å². The average molecular weight is 396 g/mol. The highest BCUT2D eigenvalue weighted by Crippen LogP contribution is 2.29. The Kier molecular flexibility index (Phi) is 4.45. The number of imidazole rings is 1. The van der Waals surface area contributed by atoms with E-state index in [0.717, 1.165) is 10.3 Å². The van der Waals surface area contributed by atoms with Crippen LogP contribution < -0.4 is 16.3 Å². The third-order valence-electron chi connectivity index (χ3n) is 5.21. The van der Waals surface area contributed by atoms with Crippen molar-refractivity contribution in [3.63, 3.8) is 0 Å². The van der Waals surface area contributed by atoms with Gasteiger partial charge in [0, 0.05) is 7.05 Å². The summed E-state index contributed by atoms with van der Waals surface area (Å²) in [5.74, 6) is 0.116. The van der Waals surface area contributed by atoms with Crippen molar-refractivity contribution >= 4 is 22.8 Å². The first-order valence-corrected chi connectivity index (χ1v) is 9.23. The van der Waals surface area contributed by atoms with Gasteiger partial charge in [0.25, 0.3) is 5.56 Å². The summed E-state index contributed by atoms with van der Waals surface area (Å²) in [5, 5.41) is 6.20. The minimum absolute atomic E-state index is 0.0417. The van der Waals surface area contributed by atoms with Crippen molar-refractivity contribution < 1.29 is 4.39 Å². The Morgan fingerprint density at radius 1 is 1.24 bits per heavy atom. The Morgan fingerprint density at radius 3 is 2.59 bits per heavy atom. The van der Waals surface area contributed by atoms with Gasteiger partial charge in [-0.2, -0.15) is 10.1 Å². The molecule has 9 heteroatoms. The van der Waals surface area contributed by atoms with Crippen molar-refractivity contribution in [2.75, 3.05) is 11.6 Å². The fourth-order valence-corrected chi connectivity index (χ4v) is 3.54. The lowest BCUT2D eigenvalue weighted by atomic mass is 10.2. The first-order chi connectivity index (χ1) is 13.8. The monoisotopic (exact) mass is 396 g/mol. The zero-order valence-corrected chi connectivity index (χ0v) is 16.5. The average Bonchev–Trinajstić information content (AvgIpc) is 3.10. The molecule has 1 aliphatic rings. The van der Waals surface area contributed by atoms with Crippen molar-refractivity contribution in [3.05, 3.63) is 69.1 Å². The number of fused-ring (bicyclic) bond motifs is 3. The highest BCUT2D eigenvalue weighted by atomic mass is 19.1. The Bertz CT molecular complexity index is 1270. The zero-order valence-electron chi connectivity index (χ0n) is 16.5. The van der Waals surface area contributed by atoms with E-state index in [1.54, 1.807) is 30.3 Å². The van der Waals surface area contributed by atoms with E-state index in [4.69, 9.17) is 0 Å². The van der Waals surface area contributed by atoms with E-state index in [2.05, 4.69) is 16.7 Å². The molecular weight excluding hydrogens is 375 g/mol. The second-order valence-corrected chi connectivity index (χ2v) is 7.10. The molecule has 8 nitrogen and oxygen atoms in total. The number of hydrogen-bond acceptors (Lipinski definition) is 5. The van der Waals surface area contributed by atoms with Crippen LogP contribution in [0.3, 0.4) is 0 Å². The van der Waals surface area contributed by atoms with Gasteiger partial charge in [-0.25, -0.2) is 14.2 Å². The smallest absolute Gasteiger partial charge is 0.294 e. The molecule has 1 atom stereocenters. The molecule has 0 radical (unpaired) electrons. The molecule has 4 rings (SSSR count). The van der Waals surface area contributed by atoms with Crippen LogP contribution in [-0.4, -0.2) is 30.9 Å². The fourth-order valence-electron chi connectivity index (χ4n) is 3.54. The van der Waals surface area contributed by atoms with Gasteiger partial charge >= 0.3 is 5.69 Å². The number of aryl methyl sites for hydroxylation is 1. The largest absolute Gasteiger partial charge is 0.332 e. The van der Waals surface area contributed by atoms with Gasteiger partial charge in [-0.15, -0.1) is 6.58 Å². The maximum Gasteiger partial charge on any atom is 0.332 e. The second-order valence-electron chi connectivity index (χ2n) is 7.10. The van der Waals surface area contributed by atoms with E-state index in [0.29, 0.717) is 29.2 Å². The van der Waals surface area contributed by atoms with E-state index >= 15 is 0 Å². The van der Waals surface area contributed by atoms with Gasteiger partial charge in [-0.05, 0) is 31.5 Å². The molecule has 29 heavy (non-hydrogen) atoms. The van der Waals surface area contributed by atoms with Gasteiger partial charge in [0.2, 0.25) is 5.95 Å². The van der Waals surface area contributed by atoms with Crippen molar-refractivity contribution in [1.29, 1.82) is 0 Å². The summed E-state index contributed by atoms with van der Waals surface area (Å²) in [5.41, 5.74) is 1.18. The predicted octanol–water partition coefficient (Wildman–Crippen LogP) is 2.03. The highest BCUT2D eigenvalue weighted by molar-refractivity contribution is 5.91. The summed E-state index contributed by atoms with van der Waals surface area (Å²) < 4.78 is 17.5. The Labute approximate surface area is 165 Å². The molecule has 3 aromatic rings. The molecule has 3 heterocycles. The summed E-state index contributed by atoms with van der Waals surface area (Å²) in [7, 11) is 1.58. The topological polar surface area (TPSA) is 77.4 Å². The molecule has 150 valence electrons. The second kappa shape index (κ2) is 6.84. The van der Waals surface area contributed by atoms with Gasteiger partial charge < -0.3 is 0 Å². The minimum atomic E-state index is -0.483. The Hall–Kier alpha value is -3.49. The number of halogens is 1. The van der Waals surface area contributed by atoms with E-state index in [9.17, 15) is 14.0 Å². The molecule has 0 spiro atoms. The fraction of sp³-hybridized carbons (Fsp3) is 0.300. The molecule has 0 saturated heterocycles. The molecule has 0 unspecified atom stereocenters. The van der Waals surface area contributed by atoms with Gasteiger partial charge in [-0.3, -0.25) is 18.5 Å². The quantitative estimate of drug-likeness (QED) is 0.633. The number of benzene rings is 1. The predicted molar refractivity (Wildman–Crippen MR) is 110 cm³/mol. The third-order valence-corrected chi connectivity index (χ3v) is 5.21. The van der Waals surface area contributed by atoms with Crippen LogP contribution in [0.1, 0.15) is 25.5 Å². The van der Waals surface area contributed by atoms with Crippen LogP contribution in [0.5, 0.6) is 0 Å².